The number of rotatable bonds is 4. The highest BCUT2D eigenvalue weighted by atomic mass is 14.7. The fraction of sp³-hybridized carbons (Fsp3) is 0.304. The Hall–Kier alpha value is -2.28. The monoisotopic (exact) mass is 315 g/mol. The van der Waals surface area contributed by atoms with Crippen molar-refractivity contribution in [1.29, 1.82) is 0 Å². The molecule has 1 heterocycles. The van der Waals surface area contributed by atoms with Gasteiger partial charge in [0.2, 0.25) is 0 Å². The zero-order valence-corrected chi connectivity index (χ0v) is 14.9. The summed E-state index contributed by atoms with van der Waals surface area (Å²) in [6.45, 7) is 6.91. The van der Waals surface area contributed by atoms with Crippen molar-refractivity contribution >= 4 is 0 Å². The van der Waals surface area contributed by atoms with Gasteiger partial charge in [-0.15, -0.1) is 0 Å². The minimum Gasteiger partial charge on any atom is -0.361 e. The zero-order chi connectivity index (χ0) is 16.7. The molecule has 3 aromatic rings. The van der Waals surface area contributed by atoms with E-state index in [9.17, 15) is 0 Å². The van der Waals surface area contributed by atoms with E-state index in [2.05, 4.69) is 62.2 Å². The second kappa shape index (κ2) is 5.98. The molecular formula is C23H25N. The molecule has 2 aromatic carbocycles. The summed E-state index contributed by atoms with van der Waals surface area (Å²) in [5.41, 5.74) is 13.4. The molecule has 1 aromatic heterocycles. The molecule has 1 aliphatic rings. The number of nitrogens with one attached hydrogen (secondary N) is 1. The van der Waals surface area contributed by atoms with Gasteiger partial charge >= 0.3 is 0 Å². The smallest absolute Gasteiger partial charge is 0.0459 e. The molecule has 0 saturated carbocycles. The summed E-state index contributed by atoms with van der Waals surface area (Å²) in [6, 6.07) is 13.3. The minimum atomic E-state index is 1.06. The van der Waals surface area contributed by atoms with E-state index in [4.69, 9.17) is 0 Å². The first-order valence-electron chi connectivity index (χ1n) is 9.21. The summed E-state index contributed by atoms with van der Waals surface area (Å²) in [5, 5.41) is 0. The van der Waals surface area contributed by atoms with Crippen LogP contribution in [-0.2, 0) is 25.7 Å². The second-order valence-electron chi connectivity index (χ2n) is 6.64. The van der Waals surface area contributed by atoms with E-state index in [1.165, 1.54) is 33.5 Å². The zero-order valence-electron chi connectivity index (χ0n) is 14.9. The molecule has 0 atom stereocenters. The molecule has 24 heavy (non-hydrogen) atoms. The van der Waals surface area contributed by atoms with Gasteiger partial charge in [0.05, 0.1) is 0 Å². The first-order valence-corrected chi connectivity index (χ1v) is 9.21. The van der Waals surface area contributed by atoms with Gasteiger partial charge in [0.1, 0.15) is 0 Å². The maximum Gasteiger partial charge on any atom is 0.0459 e. The van der Waals surface area contributed by atoms with Gasteiger partial charge in [0, 0.05) is 17.5 Å². The molecule has 1 aliphatic carbocycles. The molecule has 122 valence electrons. The number of fused-ring (bicyclic) bond motifs is 3. The van der Waals surface area contributed by atoms with Gasteiger partial charge in [0.25, 0.3) is 0 Å². The lowest BCUT2D eigenvalue weighted by Gasteiger charge is -2.22. The third-order valence-electron chi connectivity index (χ3n) is 5.52. The summed E-state index contributed by atoms with van der Waals surface area (Å²) in [7, 11) is 0. The van der Waals surface area contributed by atoms with Crippen LogP contribution in [-0.4, -0.2) is 4.98 Å². The van der Waals surface area contributed by atoms with Crippen LogP contribution in [0.25, 0.3) is 22.4 Å². The molecule has 1 nitrogen and oxygen atoms in total. The summed E-state index contributed by atoms with van der Waals surface area (Å²) in [6.07, 6.45) is 6.41. The number of hydrogen-bond donors (Lipinski definition) is 1. The van der Waals surface area contributed by atoms with Gasteiger partial charge in [-0.3, -0.25) is 0 Å². The van der Waals surface area contributed by atoms with Crippen molar-refractivity contribution in [2.24, 2.45) is 0 Å². The maximum atomic E-state index is 3.47. The fourth-order valence-electron chi connectivity index (χ4n) is 4.60. The number of H-pyrrole nitrogens is 1. The van der Waals surface area contributed by atoms with Crippen molar-refractivity contribution < 1.29 is 0 Å². The Balaban J connectivity index is 2.13. The van der Waals surface area contributed by atoms with Crippen molar-refractivity contribution in [3.05, 3.63) is 70.4 Å². The lowest BCUT2D eigenvalue weighted by Crippen LogP contribution is -2.06. The summed E-state index contributed by atoms with van der Waals surface area (Å²) >= 11 is 0. The van der Waals surface area contributed by atoms with E-state index >= 15 is 0 Å². The molecule has 0 radical (unpaired) electrons. The van der Waals surface area contributed by atoms with Crippen molar-refractivity contribution in [2.75, 3.05) is 0 Å². The normalized spacial score (nSPS) is 12.3. The Morgan fingerprint density at radius 3 is 2.17 bits per heavy atom. The van der Waals surface area contributed by atoms with Crippen molar-refractivity contribution in [3.8, 4) is 22.4 Å². The highest BCUT2D eigenvalue weighted by Gasteiger charge is 2.28. The van der Waals surface area contributed by atoms with Crippen molar-refractivity contribution in [2.45, 2.75) is 46.5 Å². The van der Waals surface area contributed by atoms with Crippen LogP contribution < -0.4 is 0 Å². The van der Waals surface area contributed by atoms with E-state index in [1.54, 1.807) is 16.7 Å². The molecule has 4 rings (SSSR count). The topological polar surface area (TPSA) is 15.8 Å². The number of aromatic nitrogens is 1. The average molecular weight is 315 g/mol. The Labute approximate surface area is 144 Å². The molecular weight excluding hydrogens is 290 g/mol. The third-order valence-corrected chi connectivity index (χ3v) is 5.52. The van der Waals surface area contributed by atoms with Gasteiger partial charge in [-0.25, -0.2) is 0 Å². The average Bonchev–Trinajstić information content (AvgIpc) is 3.27. The summed E-state index contributed by atoms with van der Waals surface area (Å²) < 4.78 is 0. The summed E-state index contributed by atoms with van der Waals surface area (Å²) in [4.78, 5) is 3.47. The largest absolute Gasteiger partial charge is 0.361 e. The molecule has 0 aliphatic heterocycles. The Kier molecular flexibility index (Phi) is 3.80. The maximum absolute atomic E-state index is 3.47. The van der Waals surface area contributed by atoms with Crippen LogP contribution in [0.1, 0.15) is 48.6 Å². The van der Waals surface area contributed by atoms with Crippen LogP contribution >= 0.6 is 0 Å². The molecule has 0 spiro atoms. The predicted octanol–water partition coefficient (Wildman–Crippen LogP) is 5.94. The highest BCUT2D eigenvalue weighted by molar-refractivity contribution is 5.89. The minimum absolute atomic E-state index is 1.06. The van der Waals surface area contributed by atoms with Crippen LogP contribution in [0.3, 0.4) is 0 Å². The lowest BCUT2D eigenvalue weighted by molar-refractivity contribution is 0.978. The van der Waals surface area contributed by atoms with Crippen LogP contribution in [0, 0.1) is 0 Å². The van der Waals surface area contributed by atoms with Gasteiger partial charge in [-0.05, 0) is 76.8 Å². The first kappa shape index (κ1) is 15.3. The van der Waals surface area contributed by atoms with E-state index in [1.807, 2.05) is 6.20 Å². The van der Waals surface area contributed by atoms with Crippen molar-refractivity contribution in [1.82, 2.24) is 4.98 Å². The molecule has 0 fully saturated rings. The Morgan fingerprint density at radius 2 is 1.50 bits per heavy atom. The molecule has 0 bridgehead atoms. The van der Waals surface area contributed by atoms with Crippen LogP contribution in [0.2, 0.25) is 0 Å². The molecule has 0 unspecified atom stereocenters. The summed E-state index contributed by atoms with van der Waals surface area (Å²) in [5.74, 6) is 0. The lowest BCUT2D eigenvalue weighted by atomic mass is 9.82. The second-order valence-corrected chi connectivity index (χ2v) is 6.64. The van der Waals surface area contributed by atoms with Gasteiger partial charge in [-0.1, -0.05) is 45.0 Å². The van der Waals surface area contributed by atoms with E-state index < -0.39 is 0 Å². The molecule has 0 amide bonds. The number of hydrogen-bond acceptors (Lipinski definition) is 0. The van der Waals surface area contributed by atoms with Crippen LogP contribution in [0.5, 0.6) is 0 Å². The highest BCUT2D eigenvalue weighted by Crippen LogP contribution is 2.47. The van der Waals surface area contributed by atoms with Crippen molar-refractivity contribution in [3.63, 3.8) is 0 Å². The predicted molar refractivity (Wildman–Crippen MR) is 103 cm³/mol. The Bertz CT molecular complexity index is 885. The molecule has 1 heteroatoms. The third kappa shape index (κ3) is 2.07. The molecule has 1 N–H and O–H groups in total. The van der Waals surface area contributed by atoms with Crippen LogP contribution in [0.4, 0.5) is 0 Å². The Morgan fingerprint density at radius 1 is 0.792 bits per heavy atom. The van der Waals surface area contributed by atoms with Gasteiger partial charge in [-0.2, -0.15) is 0 Å². The SMILES string of the molecule is CCc1c(CC)c(-c2ccc[nH]2)c2c(c1CC)-c1ccccc1C2. The van der Waals surface area contributed by atoms with E-state index in [0.717, 1.165) is 25.7 Å². The first-order chi connectivity index (χ1) is 11.8. The molecule has 0 saturated heterocycles. The van der Waals surface area contributed by atoms with Crippen LogP contribution in [0.15, 0.2) is 42.6 Å². The van der Waals surface area contributed by atoms with Gasteiger partial charge < -0.3 is 4.98 Å². The standard InChI is InChI=1S/C23H25N/c1-4-16-17(5-2)22-19-11-8-7-10-15(19)14-20(22)23(18(16)6-3)21-12-9-13-24-21/h7-13,24H,4-6,14H2,1-3H3. The fourth-order valence-corrected chi connectivity index (χ4v) is 4.60. The number of aromatic amines is 1. The van der Waals surface area contributed by atoms with Gasteiger partial charge in [0.15, 0.2) is 0 Å². The van der Waals surface area contributed by atoms with E-state index in [0.29, 0.717) is 0 Å². The quantitative estimate of drug-likeness (QED) is 0.479. The van der Waals surface area contributed by atoms with E-state index in [-0.39, 0.29) is 0 Å². The number of benzene rings is 2.